The van der Waals surface area contributed by atoms with Crippen LogP contribution in [0.4, 0.5) is 18.0 Å². The van der Waals surface area contributed by atoms with Crippen molar-refractivity contribution in [2.24, 2.45) is 0 Å². The second-order valence-electron chi connectivity index (χ2n) is 9.24. The molecule has 0 saturated heterocycles. The summed E-state index contributed by atoms with van der Waals surface area (Å²) in [5.41, 5.74) is 2.33. The number of nitrogens with zero attached hydrogens (tertiary/aromatic N) is 4. The van der Waals surface area contributed by atoms with E-state index in [4.69, 9.17) is 14.5 Å². The summed E-state index contributed by atoms with van der Waals surface area (Å²) in [6.07, 6.45) is 4.63. The van der Waals surface area contributed by atoms with Gasteiger partial charge in [0.1, 0.15) is 17.4 Å². The second-order valence-corrected chi connectivity index (χ2v) is 9.24. The van der Waals surface area contributed by atoms with E-state index in [2.05, 4.69) is 21.9 Å². The molecule has 3 heterocycles. The van der Waals surface area contributed by atoms with E-state index in [1.54, 1.807) is 38.4 Å². The van der Waals surface area contributed by atoms with Crippen LogP contribution in [-0.4, -0.2) is 65.0 Å². The minimum atomic E-state index is -1.80. The van der Waals surface area contributed by atoms with E-state index in [9.17, 15) is 18.0 Å². The molecule has 8 nitrogen and oxygen atoms in total. The maximum atomic E-state index is 14.5. The Morgan fingerprint density at radius 2 is 2.10 bits per heavy atom. The molecule has 11 heteroatoms. The molecule has 2 amide bonds. The smallest absolute Gasteiger partial charge is 0.318 e. The van der Waals surface area contributed by atoms with E-state index < -0.39 is 31.0 Å². The largest absolute Gasteiger partial charge is 0.494 e. The number of hydrogen-bond acceptors (Lipinski definition) is 6. The van der Waals surface area contributed by atoms with Crippen LogP contribution in [0.1, 0.15) is 44.8 Å². The fourth-order valence-electron chi connectivity index (χ4n) is 4.39. The fraction of sp³-hybridized carbons (Fsp3) is 0.400. The Morgan fingerprint density at radius 1 is 1.29 bits per heavy atom. The number of fused-ring (bicyclic) bond motifs is 1. The molecule has 0 radical (unpaired) electrons. The molecule has 41 heavy (non-hydrogen) atoms. The van der Waals surface area contributed by atoms with Gasteiger partial charge in [0.25, 0.3) is 0 Å². The summed E-state index contributed by atoms with van der Waals surface area (Å²) in [6, 6.07) is 5.17. The number of urea groups is 1. The number of rotatable bonds is 15. The van der Waals surface area contributed by atoms with Gasteiger partial charge >= 0.3 is 6.03 Å². The molecular weight excluding hydrogens is 535 g/mol. The van der Waals surface area contributed by atoms with Gasteiger partial charge in [0.15, 0.2) is 0 Å². The summed E-state index contributed by atoms with van der Waals surface area (Å²) in [4.78, 5) is 28.3. The van der Waals surface area contributed by atoms with Gasteiger partial charge in [-0.3, -0.25) is 14.4 Å². The zero-order valence-electron chi connectivity index (χ0n) is 23.5. The van der Waals surface area contributed by atoms with Crippen molar-refractivity contribution in [3.63, 3.8) is 0 Å². The van der Waals surface area contributed by atoms with Crippen molar-refractivity contribution in [3.8, 4) is 22.9 Å². The molecule has 3 aromatic rings. The monoisotopic (exact) mass is 571 g/mol. The third kappa shape index (κ3) is 7.96. The third-order valence-electron chi connectivity index (χ3n) is 6.60. The average Bonchev–Trinajstić information content (AvgIpc) is 2.99. The summed E-state index contributed by atoms with van der Waals surface area (Å²) in [7, 11) is 1.52. The lowest BCUT2D eigenvalue weighted by molar-refractivity contribution is 0.169. The van der Waals surface area contributed by atoms with E-state index >= 15 is 0 Å². The first-order valence-electron chi connectivity index (χ1n) is 13.5. The molecular formula is C30H36F3N5O3. The highest BCUT2D eigenvalue weighted by atomic mass is 19.1. The van der Waals surface area contributed by atoms with Crippen LogP contribution >= 0.6 is 0 Å². The maximum Gasteiger partial charge on any atom is 0.318 e. The lowest BCUT2D eigenvalue weighted by Crippen LogP contribution is -2.48. The summed E-state index contributed by atoms with van der Waals surface area (Å²) < 4.78 is 51.4. The number of nitrogens with one attached hydrogen (secondary N) is 1. The van der Waals surface area contributed by atoms with Gasteiger partial charge in [0, 0.05) is 23.7 Å². The summed E-state index contributed by atoms with van der Waals surface area (Å²) >= 11 is 0. The van der Waals surface area contributed by atoms with Gasteiger partial charge in [-0.1, -0.05) is 12.1 Å². The predicted molar refractivity (Wildman–Crippen MR) is 153 cm³/mol. The van der Waals surface area contributed by atoms with Gasteiger partial charge in [0.2, 0.25) is 5.88 Å². The van der Waals surface area contributed by atoms with E-state index in [0.717, 1.165) is 5.39 Å². The van der Waals surface area contributed by atoms with E-state index in [1.807, 2.05) is 18.2 Å². The zero-order chi connectivity index (χ0) is 29.8. The minimum Gasteiger partial charge on any atom is -0.494 e. The second kappa shape index (κ2) is 15.6. The highest BCUT2D eigenvalue weighted by Crippen LogP contribution is 2.35. The third-order valence-corrected chi connectivity index (χ3v) is 6.60. The Kier molecular flexibility index (Phi) is 11.9. The number of ether oxygens (including phenoxy) is 2. The molecule has 2 unspecified atom stereocenters. The molecule has 220 valence electrons. The van der Waals surface area contributed by atoms with Crippen LogP contribution in [0.15, 0.2) is 61.7 Å². The molecule has 0 aliphatic rings. The lowest BCUT2D eigenvalue weighted by atomic mass is 10.0. The van der Waals surface area contributed by atoms with Crippen molar-refractivity contribution in [3.05, 3.63) is 67.4 Å². The number of carbonyl (C=O) groups is 1. The van der Waals surface area contributed by atoms with Gasteiger partial charge in [-0.2, -0.15) is 0 Å². The van der Waals surface area contributed by atoms with Crippen LogP contribution in [0.25, 0.3) is 22.2 Å². The molecule has 0 aliphatic carbocycles. The molecule has 3 aromatic heterocycles. The minimum absolute atomic E-state index is 0.0182. The van der Waals surface area contributed by atoms with E-state index in [0.29, 0.717) is 53.2 Å². The van der Waals surface area contributed by atoms with Crippen LogP contribution in [0.5, 0.6) is 11.6 Å². The fourth-order valence-corrected chi connectivity index (χ4v) is 4.39. The topological polar surface area (TPSA) is 89.5 Å². The number of methoxy groups -OCH3 is 1. The van der Waals surface area contributed by atoms with Crippen LogP contribution in [0.3, 0.4) is 0 Å². The number of pyridine rings is 3. The van der Waals surface area contributed by atoms with Crippen LogP contribution in [0, 0.1) is 0 Å². The van der Waals surface area contributed by atoms with Crippen LogP contribution in [0.2, 0.25) is 0 Å². The van der Waals surface area contributed by atoms with Crippen LogP contribution < -0.4 is 14.8 Å². The van der Waals surface area contributed by atoms with Gasteiger partial charge in [-0.25, -0.2) is 18.6 Å². The number of aromatic nitrogens is 3. The van der Waals surface area contributed by atoms with Crippen molar-refractivity contribution in [1.29, 1.82) is 0 Å². The zero-order valence-corrected chi connectivity index (χ0v) is 23.5. The molecule has 0 bridgehead atoms. The Balaban J connectivity index is 1.96. The van der Waals surface area contributed by atoms with Crippen molar-refractivity contribution in [1.82, 2.24) is 25.2 Å². The Hall–Kier alpha value is -4.15. The number of alkyl halides is 2. The number of hydrogen-bond donors (Lipinski definition) is 1. The highest BCUT2D eigenvalue weighted by molar-refractivity contribution is 5.87. The molecule has 0 aliphatic heterocycles. The van der Waals surface area contributed by atoms with E-state index in [1.165, 1.54) is 12.0 Å². The number of carbonyl (C=O) groups excluding carboxylic acids is 1. The Labute approximate surface area is 238 Å². The highest BCUT2D eigenvalue weighted by Gasteiger charge is 2.27. The first kappa shape index (κ1) is 31.4. The molecule has 3 rings (SSSR count). The van der Waals surface area contributed by atoms with Crippen molar-refractivity contribution < 1.29 is 27.4 Å². The van der Waals surface area contributed by atoms with E-state index in [-0.39, 0.29) is 25.7 Å². The van der Waals surface area contributed by atoms with Crippen LogP contribution in [-0.2, 0) is 0 Å². The van der Waals surface area contributed by atoms with Crippen molar-refractivity contribution in [2.75, 3.05) is 26.9 Å². The summed E-state index contributed by atoms with van der Waals surface area (Å²) in [5, 5.41) is 3.41. The van der Waals surface area contributed by atoms with Gasteiger partial charge in [-0.15, -0.1) is 6.58 Å². The first-order valence-corrected chi connectivity index (χ1v) is 13.5. The predicted octanol–water partition coefficient (Wildman–Crippen LogP) is 6.69. The molecule has 1 N–H and O–H groups in total. The normalized spacial score (nSPS) is 13.5. The van der Waals surface area contributed by atoms with Gasteiger partial charge < -0.3 is 19.7 Å². The molecule has 3 atom stereocenters. The van der Waals surface area contributed by atoms with Gasteiger partial charge in [-0.05, 0) is 57.4 Å². The molecule has 0 saturated carbocycles. The number of halogens is 3. The Bertz CT molecular complexity index is 1340. The Morgan fingerprint density at radius 3 is 2.78 bits per heavy atom. The molecule has 0 fully saturated rings. The quantitative estimate of drug-likeness (QED) is 0.162. The SMILES string of the molecule is C=CCCOc1nc(-c2cc([C@@H](C)N(CC)C(=O)NC(CCCF)C(F)C=CF)ncc2OC)cc2cccnc12. The average molecular weight is 572 g/mol. The number of amides is 2. The molecule has 0 spiro atoms. The standard InChI is InChI=1S/C30H36F3N5O3/c1-5-7-16-41-29-28-21(10-9-15-34-28)17-26(36-29)22-18-25(35-19-27(22)40-4)20(3)38(6-2)30(39)37-24(11-8-13-31)23(33)12-14-32/h5,9-10,12,14-15,17-20,23-24H,1,6-8,11,13,16H2,2-4H3,(H,37,39)/t20-,23?,24?/m1/s1. The lowest BCUT2D eigenvalue weighted by Gasteiger charge is -2.31. The van der Waals surface area contributed by atoms with Crippen molar-refractivity contribution >= 4 is 16.9 Å². The maximum absolute atomic E-state index is 14.5. The first-order chi connectivity index (χ1) is 19.9. The summed E-state index contributed by atoms with van der Waals surface area (Å²) in [5.74, 6) is 0.830. The molecule has 0 aromatic carbocycles. The summed E-state index contributed by atoms with van der Waals surface area (Å²) in [6.45, 7) is 7.26. The van der Waals surface area contributed by atoms with Crippen molar-refractivity contribution in [2.45, 2.75) is 51.4 Å². The van der Waals surface area contributed by atoms with Gasteiger partial charge in [0.05, 0.1) is 56.4 Å².